The zero-order chi connectivity index (χ0) is 33.2. The van der Waals surface area contributed by atoms with Crippen molar-refractivity contribution in [1.82, 2.24) is 19.0 Å². The van der Waals surface area contributed by atoms with Gasteiger partial charge in [0.2, 0.25) is 15.9 Å². The summed E-state index contributed by atoms with van der Waals surface area (Å²) < 4.78 is 108. The number of piperidine rings is 1. The number of carbonyl (C=O) groups is 1. The molecule has 4 heterocycles. The van der Waals surface area contributed by atoms with Gasteiger partial charge in [-0.15, -0.1) is 0 Å². The van der Waals surface area contributed by atoms with E-state index in [2.05, 4.69) is 27.5 Å². The van der Waals surface area contributed by atoms with Crippen LogP contribution in [0.25, 0.3) is 5.52 Å². The summed E-state index contributed by atoms with van der Waals surface area (Å²) in [5.41, 5.74) is 0.329. The number of aromatic nitrogens is 2. The highest BCUT2D eigenvalue weighted by Crippen LogP contribution is 2.30. The zero-order valence-corrected chi connectivity index (χ0v) is 23.4. The Morgan fingerprint density at radius 3 is 2.76 bits per heavy atom. The number of rotatable bonds is 8. The summed E-state index contributed by atoms with van der Waals surface area (Å²) in [4.78, 5) is 17.8. The van der Waals surface area contributed by atoms with Gasteiger partial charge >= 0.3 is 6.18 Å². The molecule has 0 bridgehead atoms. The summed E-state index contributed by atoms with van der Waals surface area (Å²) >= 11 is 0. The summed E-state index contributed by atoms with van der Waals surface area (Å²) in [7, 11) is -5.11. The Bertz CT molecular complexity index is 1740. The van der Waals surface area contributed by atoms with E-state index in [-0.39, 0.29) is 30.0 Å². The molecule has 3 aromatic rings. The Labute approximate surface area is 244 Å². The fraction of sp³-hybridized carbons (Fsp3) is 0.407. The third-order valence-electron chi connectivity index (χ3n) is 6.43. The largest absolute Gasteiger partial charge is 0.480 e. The van der Waals surface area contributed by atoms with Gasteiger partial charge in [0.1, 0.15) is 11.9 Å². The predicted octanol–water partition coefficient (Wildman–Crippen LogP) is 3.05. The smallest absolute Gasteiger partial charge is 0.394 e. The second-order valence-corrected chi connectivity index (χ2v) is 11.5. The molecule has 2 atom stereocenters. The molecule has 0 aromatic carbocycles. The van der Waals surface area contributed by atoms with Crippen LogP contribution in [0.5, 0.6) is 5.88 Å². The van der Waals surface area contributed by atoms with Crippen LogP contribution in [0.15, 0.2) is 36.5 Å². The van der Waals surface area contributed by atoms with Gasteiger partial charge in [0.25, 0.3) is 5.91 Å². The number of nitrogens with zero attached hydrogens (tertiary/aromatic N) is 3. The van der Waals surface area contributed by atoms with Gasteiger partial charge in [-0.2, -0.15) is 13.2 Å². The van der Waals surface area contributed by atoms with E-state index in [0.717, 1.165) is 12.3 Å². The Kier molecular flexibility index (Phi) is 7.96. The number of alkyl halides is 4. The third-order valence-corrected chi connectivity index (χ3v) is 6.98. The van der Waals surface area contributed by atoms with Gasteiger partial charge in [-0.05, 0) is 43.8 Å². The quantitative estimate of drug-likeness (QED) is 0.262. The van der Waals surface area contributed by atoms with Crippen LogP contribution in [0, 0.1) is 11.8 Å². The highest BCUT2D eigenvalue weighted by Gasteiger charge is 2.32. The minimum atomic E-state index is -4.55. The van der Waals surface area contributed by atoms with Crippen molar-refractivity contribution in [2.75, 3.05) is 50.6 Å². The first-order valence-electron chi connectivity index (χ1n) is 14.1. The molecule has 1 aliphatic rings. The van der Waals surface area contributed by atoms with E-state index in [1.807, 2.05) is 11.9 Å². The number of amides is 1. The topological polar surface area (TPSA) is 117 Å². The second-order valence-electron chi connectivity index (χ2n) is 9.80. The molecule has 0 spiro atoms. The molecule has 1 aliphatic heterocycles. The van der Waals surface area contributed by atoms with E-state index < -0.39 is 59.4 Å². The molecule has 226 valence electrons. The number of hydrogen-bond acceptors (Lipinski definition) is 8. The molecule has 10 nitrogen and oxygen atoms in total. The van der Waals surface area contributed by atoms with Gasteiger partial charge in [-0.1, -0.05) is 11.8 Å². The second kappa shape index (κ2) is 12.5. The summed E-state index contributed by atoms with van der Waals surface area (Å²) in [6.45, 7) is 0.683. The Morgan fingerprint density at radius 2 is 2.07 bits per heavy atom. The monoisotopic (exact) mass is 613 g/mol. The number of anilines is 2. The number of methoxy groups -OCH3 is 1. The maximum atomic E-state index is 14.7. The lowest BCUT2D eigenvalue weighted by Gasteiger charge is -2.33. The minimum absolute atomic E-state index is 0.0284. The van der Waals surface area contributed by atoms with Crippen LogP contribution in [-0.2, 0) is 16.4 Å². The summed E-state index contributed by atoms with van der Waals surface area (Å²) in [5.74, 6) is 3.74. The molecule has 42 heavy (non-hydrogen) atoms. The number of nitrogens with one attached hydrogen (secondary N) is 3. The molecule has 1 amide bonds. The van der Waals surface area contributed by atoms with Crippen LogP contribution in [0.2, 0.25) is 0 Å². The molecular weight excluding hydrogens is 580 g/mol. The number of carbonyl (C=O) groups excluding carboxylic acids is 1. The van der Waals surface area contributed by atoms with Gasteiger partial charge in [-0.25, -0.2) is 22.5 Å². The lowest BCUT2D eigenvalue weighted by molar-refractivity contribution is -0.128. The molecule has 3 N–H and O–H groups in total. The van der Waals surface area contributed by atoms with Gasteiger partial charge < -0.3 is 24.7 Å². The van der Waals surface area contributed by atoms with Gasteiger partial charge in [0.05, 0.1) is 53.3 Å². The molecule has 1 fully saturated rings. The molecule has 3 aromatic heterocycles. The number of pyridine rings is 2. The molecule has 1 saturated heterocycles. The van der Waals surface area contributed by atoms with E-state index in [9.17, 15) is 30.8 Å². The van der Waals surface area contributed by atoms with Crippen LogP contribution < -0.4 is 20.1 Å². The number of sulfonamides is 1. The summed E-state index contributed by atoms with van der Waals surface area (Å²) in [6.07, 6.45) is -4.27. The van der Waals surface area contributed by atoms with Crippen molar-refractivity contribution in [2.24, 2.45) is 0 Å². The number of halogens is 4. The van der Waals surface area contributed by atoms with Crippen molar-refractivity contribution in [1.29, 1.82) is 0 Å². The standard InChI is InChI=1S/C27H30F4N6O4S/c1-36-13-10-19(18(28)16-36)33-20-7-5-12-37-23(20)14-17(24(37)15-27(29,30)31)6-4-11-32-22-9-8-21(34-26(22)41-2)25(38)35-42(3,39)40/h5,7-9,12,14,18-19,32-33H,10-11,13,15-16H2,1-3H3,(H,35,38)/t18-,19-/m0/s1/i2D3. The average Bonchev–Trinajstić information content (AvgIpc) is 3.23. The van der Waals surface area contributed by atoms with E-state index >= 15 is 0 Å². The highest BCUT2D eigenvalue weighted by atomic mass is 32.2. The molecule has 0 radical (unpaired) electrons. The first-order valence-corrected chi connectivity index (χ1v) is 14.5. The van der Waals surface area contributed by atoms with E-state index in [4.69, 9.17) is 8.85 Å². The van der Waals surface area contributed by atoms with E-state index in [1.54, 1.807) is 16.9 Å². The lowest BCUT2D eigenvalue weighted by atomic mass is 10.0. The molecule has 4 rings (SSSR count). The van der Waals surface area contributed by atoms with Crippen LogP contribution >= 0.6 is 0 Å². The normalized spacial score (nSPS) is 19.1. The van der Waals surface area contributed by atoms with Crippen molar-refractivity contribution < 1.29 is 39.6 Å². The first kappa shape index (κ1) is 26.8. The van der Waals surface area contributed by atoms with Crippen molar-refractivity contribution in [3.63, 3.8) is 0 Å². The summed E-state index contributed by atoms with van der Waals surface area (Å²) in [5, 5.41) is 5.89. The number of fused-ring (bicyclic) bond motifs is 1. The molecule has 0 aliphatic carbocycles. The average molecular weight is 614 g/mol. The lowest BCUT2D eigenvalue weighted by Crippen LogP contribution is -2.46. The van der Waals surface area contributed by atoms with Crippen molar-refractivity contribution in [3.05, 3.63) is 53.5 Å². The van der Waals surface area contributed by atoms with Gasteiger partial charge in [0, 0.05) is 30.5 Å². The SMILES string of the molecule is [2H]C([2H])([2H])Oc1nc(C(=O)NS(C)(=O)=O)ccc1NCC#Cc1cc2c(N[C@H]3CCN(C)C[C@@H]3F)cccn2c1CC(F)(F)F. The number of ether oxygens (including phenoxy) is 1. The fourth-order valence-corrected chi connectivity index (χ4v) is 4.99. The van der Waals surface area contributed by atoms with Crippen LogP contribution in [0.1, 0.15) is 32.3 Å². The predicted molar refractivity (Wildman–Crippen MR) is 150 cm³/mol. The van der Waals surface area contributed by atoms with E-state index in [1.165, 1.54) is 22.7 Å². The van der Waals surface area contributed by atoms with Crippen LogP contribution in [0.3, 0.4) is 0 Å². The third kappa shape index (κ3) is 7.83. The summed E-state index contributed by atoms with van der Waals surface area (Å²) in [6, 6.07) is 6.53. The Morgan fingerprint density at radius 1 is 1.29 bits per heavy atom. The number of hydrogen-bond donors (Lipinski definition) is 3. The fourth-order valence-electron chi connectivity index (χ4n) is 4.55. The first-order chi connectivity index (χ1) is 20.9. The van der Waals surface area contributed by atoms with Crippen molar-refractivity contribution in [2.45, 2.75) is 31.2 Å². The van der Waals surface area contributed by atoms with Crippen molar-refractivity contribution >= 4 is 32.8 Å². The maximum absolute atomic E-state index is 14.7. The molecule has 0 saturated carbocycles. The van der Waals surface area contributed by atoms with Gasteiger partial charge in [0.15, 0.2) is 0 Å². The highest BCUT2D eigenvalue weighted by molar-refractivity contribution is 7.89. The van der Waals surface area contributed by atoms with Gasteiger partial charge in [-0.3, -0.25) is 4.79 Å². The molecule has 0 unspecified atom stereocenters. The van der Waals surface area contributed by atoms with Crippen molar-refractivity contribution in [3.8, 4) is 17.7 Å². The zero-order valence-electron chi connectivity index (χ0n) is 25.5. The van der Waals surface area contributed by atoms with Crippen LogP contribution in [0.4, 0.5) is 28.9 Å². The Hall–Kier alpha value is -4.03. The maximum Gasteiger partial charge on any atom is 0.394 e. The van der Waals surface area contributed by atoms with E-state index in [0.29, 0.717) is 24.2 Å². The van der Waals surface area contributed by atoms with Crippen LogP contribution in [-0.4, -0.2) is 87.0 Å². The molecular formula is C27H30F4N6O4S. The number of likely N-dealkylation sites (tertiary alicyclic amines) is 1. The molecule has 15 heteroatoms. The Balaban J connectivity index is 1.61. The minimum Gasteiger partial charge on any atom is -0.480 e.